The van der Waals surface area contributed by atoms with E-state index in [1.54, 1.807) is 0 Å². The maximum absolute atomic E-state index is 11.0. The topological polar surface area (TPSA) is 133 Å². The number of carboxylic acids is 1. The summed E-state index contributed by atoms with van der Waals surface area (Å²) in [5, 5.41) is 9.05. The normalized spacial score (nSPS) is 10.8. The first-order chi connectivity index (χ1) is 13.6. The zero-order valence-corrected chi connectivity index (χ0v) is 16.4. The monoisotopic (exact) mass is 417 g/mol. The van der Waals surface area contributed by atoms with Gasteiger partial charge in [0.1, 0.15) is 6.42 Å². The predicted octanol–water partition coefficient (Wildman–Crippen LogP) is -0.665. The highest BCUT2D eigenvalue weighted by molar-refractivity contribution is 5.69. The third-order valence-electron chi connectivity index (χ3n) is 4.10. The molecule has 0 bridgehead atoms. The van der Waals surface area contributed by atoms with E-state index in [-0.39, 0.29) is 6.42 Å². The second-order valence-electron chi connectivity index (χ2n) is 6.18. The Morgan fingerprint density at radius 2 is 1.34 bits per heavy atom. The lowest BCUT2D eigenvalue weighted by Gasteiger charge is -2.17. The Hall–Kier alpha value is -2.81. The lowest BCUT2D eigenvalue weighted by atomic mass is 10.0. The van der Waals surface area contributed by atoms with Crippen molar-refractivity contribution in [3.8, 4) is 22.4 Å². The SMILES string of the molecule is Cc1cc(-c2ccccc2)cc(-c2ccccc2)[n+]1CCC(=O)O.[O-][Cl+3]([O-])([O-])[O-]. The maximum Gasteiger partial charge on any atom is 0.309 e. The highest BCUT2D eigenvalue weighted by atomic mass is 35.7. The molecule has 0 aliphatic heterocycles. The number of aryl methyl sites for hydroxylation is 1. The minimum Gasteiger partial charge on any atom is -0.481 e. The van der Waals surface area contributed by atoms with Crippen molar-refractivity contribution in [3.63, 3.8) is 0 Å². The molecule has 8 heteroatoms. The summed E-state index contributed by atoms with van der Waals surface area (Å²) in [6, 6.07) is 24.6. The summed E-state index contributed by atoms with van der Waals surface area (Å²) >= 11 is 0. The predicted molar refractivity (Wildman–Crippen MR) is 94.5 cm³/mol. The molecule has 1 aromatic heterocycles. The molecule has 0 saturated carbocycles. The molecule has 3 rings (SSSR count). The molecule has 0 amide bonds. The van der Waals surface area contributed by atoms with Crippen molar-refractivity contribution in [1.82, 2.24) is 0 Å². The number of benzene rings is 2. The quantitative estimate of drug-likeness (QED) is 0.547. The molecule has 2 aromatic carbocycles. The Kier molecular flexibility index (Phi) is 7.83. The zero-order chi connectivity index (χ0) is 21.4. The van der Waals surface area contributed by atoms with Crippen LogP contribution in [0.4, 0.5) is 0 Å². The van der Waals surface area contributed by atoms with Crippen LogP contribution in [0, 0.1) is 17.2 Å². The van der Waals surface area contributed by atoms with Gasteiger partial charge in [0.25, 0.3) is 0 Å². The van der Waals surface area contributed by atoms with Gasteiger partial charge in [-0.3, -0.25) is 4.79 Å². The Balaban J connectivity index is 0.000000537. The van der Waals surface area contributed by atoms with E-state index in [0.717, 1.165) is 28.1 Å². The van der Waals surface area contributed by atoms with E-state index in [4.69, 9.17) is 23.7 Å². The van der Waals surface area contributed by atoms with Gasteiger partial charge >= 0.3 is 5.97 Å². The van der Waals surface area contributed by atoms with Gasteiger partial charge in [-0.2, -0.15) is 4.57 Å². The number of rotatable bonds is 5. The van der Waals surface area contributed by atoms with E-state index < -0.39 is 16.2 Å². The van der Waals surface area contributed by atoms with Crippen LogP contribution in [0.1, 0.15) is 12.1 Å². The first-order valence-electron chi connectivity index (χ1n) is 8.64. The molecule has 29 heavy (non-hydrogen) atoms. The van der Waals surface area contributed by atoms with Crippen LogP contribution in [-0.2, 0) is 11.3 Å². The molecule has 0 spiro atoms. The van der Waals surface area contributed by atoms with Gasteiger partial charge in [-0.25, -0.2) is 18.6 Å². The fourth-order valence-corrected chi connectivity index (χ4v) is 2.91. The molecule has 0 aliphatic carbocycles. The summed E-state index contributed by atoms with van der Waals surface area (Å²) in [6.07, 6.45) is 0.107. The second-order valence-corrected chi connectivity index (χ2v) is 6.93. The number of hydrogen-bond acceptors (Lipinski definition) is 5. The Bertz CT molecular complexity index is 937. The molecule has 7 nitrogen and oxygen atoms in total. The van der Waals surface area contributed by atoms with Gasteiger partial charge in [0.15, 0.2) is 12.2 Å². The minimum absolute atomic E-state index is 0.107. The van der Waals surface area contributed by atoms with Gasteiger partial charge in [0.05, 0.1) is 0 Å². The van der Waals surface area contributed by atoms with E-state index in [0.29, 0.717) is 6.54 Å². The molecule has 0 radical (unpaired) electrons. The summed E-state index contributed by atoms with van der Waals surface area (Å²) in [7, 11) is -4.94. The van der Waals surface area contributed by atoms with Crippen molar-refractivity contribution in [3.05, 3.63) is 78.5 Å². The standard InChI is InChI=1S/C21H19NO2.ClHO4/c1-16-14-19(17-8-4-2-5-9-17)15-20(18-10-6-3-7-11-18)22(16)13-12-21(23)24;2-1(3,4)5/h2-11,14-15H,12-13H2,1H3;(H,2,3,4,5). The average Bonchev–Trinajstić information content (AvgIpc) is 2.66. The Morgan fingerprint density at radius 3 is 1.83 bits per heavy atom. The molecule has 152 valence electrons. The summed E-state index contributed by atoms with van der Waals surface area (Å²) in [6.45, 7) is 2.49. The fraction of sp³-hybridized carbons (Fsp3) is 0.143. The zero-order valence-electron chi connectivity index (χ0n) is 15.7. The summed E-state index contributed by atoms with van der Waals surface area (Å²) < 4.78 is 36.1. The molecule has 1 heterocycles. The lowest BCUT2D eigenvalue weighted by Crippen LogP contribution is -2.68. The molecule has 0 saturated heterocycles. The molecule has 0 aliphatic rings. The summed E-state index contributed by atoms with van der Waals surface area (Å²) in [5.41, 5.74) is 5.47. The number of nitrogens with zero attached hydrogens (tertiary/aromatic N) is 1. The van der Waals surface area contributed by atoms with Gasteiger partial charge in [-0.1, -0.05) is 48.5 Å². The molecular formula is C21H20ClNO6. The lowest BCUT2D eigenvalue weighted by molar-refractivity contribution is -2.00. The van der Waals surface area contributed by atoms with Crippen molar-refractivity contribution in [2.24, 2.45) is 0 Å². The number of carbonyl (C=O) groups is 1. The van der Waals surface area contributed by atoms with Crippen LogP contribution >= 0.6 is 0 Å². The van der Waals surface area contributed by atoms with Gasteiger partial charge in [-0.15, -0.1) is 10.2 Å². The number of pyridine rings is 1. The molecular weight excluding hydrogens is 398 g/mol. The Labute approximate surface area is 170 Å². The van der Waals surface area contributed by atoms with Crippen LogP contribution in [0.5, 0.6) is 0 Å². The first-order valence-corrected chi connectivity index (χ1v) is 9.87. The third-order valence-corrected chi connectivity index (χ3v) is 4.10. The number of aliphatic carboxylic acids is 1. The van der Waals surface area contributed by atoms with Gasteiger partial charge < -0.3 is 5.11 Å². The van der Waals surface area contributed by atoms with Crippen LogP contribution in [0.15, 0.2) is 72.8 Å². The van der Waals surface area contributed by atoms with Crippen LogP contribution in [-0.4, -0.2) is 11.1 Å². The molecule has 0 fully saturated rings. The summed E-state index contributed by atoms with van der Waals surface area (Å²) in [4.78, 5) is 11.0. The van der Waals surface area contributed by atoms with Crippen molar-refractivity contribution >= 4 is 5.97 Å². The number of halogens is 1. The van der Waals surface area contributed by atoms with E-state index >= 15 is 0 Å². The van der Waals surface area contributed by atoms with E-state index in [1.807, 2.05) is 43.3 Å². The fourth-order valence-electron chi connectivity index (χ4n) is 2.91. The molecule has 3 aromatic rings. The van der Waals surface area contributed by atoms with Crippen molar-refractivity contribution in [2.45, 2.75) is 19.9 Å². The van der Waals surface area contributed by atoms with Gasteiger partial charge in [-0.05, 0) is 23.3 Å². The maximum atomic E-state index is 11.0. The van der Waals surface area contributed by atoms with Gasteiger partial charge in [0, 0.05) is 24.6 Å². The van der Waals surface area contributed by atoms with Crippen LogP contribution in [0.25, 0.3) is 22.4 Å². The van der Waals surface area contributed by atoms with Crippen molar-refractivity contribution < 1.29 is 43.3 Å². The third kappa shape index (κ3) is 7.61. The van der Waals surface area contributed by atoms with E-state index in [1.165, 1.54) is 0 Å². The highest BCUT2D eigenvalue weighted by Crippen LogP contribution is 2.25. The van der Waals surface area contributed by atoms with Crippen molar-refractivity contribution in [2.75, 3.05) is 0 Å². The average molecular weight is 418 g/mol. The number of hydrogen-bond donors (Lipinski definition) is 1. The second kappa shape index (κ2) is 10.1. The molecule has 1 N–H and O–H groups in total. The number of carboxylic acid groups (broad SMARTS) is 1. The molecule has 0 atom stereocenters. The van der Waals surface area contributed by atoms with Gasteiger partial charge in [0.2, 0.25) is 5.69 Å². The Morgan fingerprint density at radius 1 is 0.862 bits per heavy atom. The van der Waals surface area contributed by atoms with Crippen LogP contribution < -0.4 is 23.2 Å². The van der Waals surface area contributed by atoms with Crippen molar-refractivity contribution in [1.29, 1.82) is 0 Å². The number of aromatic nitrogens is 1. The largest absolute Gasteiger partial charge is 0.481 e. The van der Waals surface area contributed by atoms with Crippen LogP contribution in [0.2, 0.25) is 0 Å². The van der Waals surface area contributed by atoms with E-state index in [9.17, 15) is 4.79 Å². The molecule has 0 unspecified atom stereocenters. The summed E-state index contributed by atoms with van der Waals surface area (Å²) in [5.74, 6) is -0.784. The highest BCUT2D eigenvalue weighted by Gasteiger charge is 2.19. The minimum atomic E-state index is -4.94. The first kappa shape index (κ1) is 22.5. The smallest absolute Gasteiger partial charge is 0.309 e. The van der Waals surface area contributed by atoms with Crippen LogP contribution in [0.3, 0.4) is 0 Å². The van der Waals surface area contributed by atoms with E-state index in [2.05, 4.69) is 41.0 Å².